The predicted octanol–water partition coefficient (Wildman–Crippen LogP) is 1.67. The molecule has 3 heterocycles. The number of aromatic nitrogens is 4. The molecule has 128 valence electrons. The Balaban J connectivity index is 1.51. The summed E-state index contributed by atoms with van der Waals surface area (Å²) in [7, 11) is 0. The first-order chi connectivity index (χ1) is 12.1. The Morgan fingerprint density at radius 1 is 1.16 bits per heavy atom. The summed E-state index contributed by atoms with van der Waals surface area (Å²) >= 11 is 6.01. The molecule has 0 spiro atoms. The number of fused-ring (bicyclic) bond motifs is 1. The van der Waals surface area contributed by atoms with E-state index in [9.17, 15) is 9.90 Å². The maximum Gasteiger partial charge on any atom is 0.274 e. The summed E-state index contributed by atoms with van der Waals surface area (Å²) in [6, 6.07) is 6.65. The molecule has 8 nitrogen and oxygen atoms in total. The maximum absolute atomic E-state index is 12.8. The van der Waals surface area contributed by atoms with Crippen LogP contribution in [0.2, 0.25) is 5.02 Å². The number of anilines is 1. The van der Waals surface area contributed by atoms with Crippen molar-refractivity contribution >= 4 is 34.2 Å². The third-order valence-corrected chi connectivity index (χ3v) is 4.52. The molecule has 25 heavy (non-hydrogen) atoms. The van der Waals surface area contributed by atoms with Gasteiger partial charge in [-0.2, -0.15) is 15.4 Å². The number of carbonyl (C=O) groups excluding carboxylic acids is 1. The van der Waals surface area contributed by atoms with E-state index in [1.807, 2.05) is 4.90 Å². The Kier molecular flexibility index (Phi) is 3.89. The molecule has 9 heteroatoms. The average Bonchev–Trinajstić information content (AvgIpc) is 3.12. The van der Waals surface area contributed by atoms with Gasteiger partial charge in [-0.15, -0.1) is 0 Å². The first kappa shape index (κ1) is 15.6. The van der Waals surface area contributed by atoms with Crippen LogP contribution in [0.3, 0.4) is 0 Å². The van der Waals surface area contributed by atoms with Gasteiger partial charge in [0.25, 0.3) is 5.91 Å². The molecule has 3 aromatic rings. The first-order valence-electron chi connectivity index (χ1n) is 7.82. The Bertz CT molecular complexity index is 935. The lowest BCUT2D eigenvalue weighted by atomic mass is 10.2. The minimum Gasteiger partial charge on any atom is -0.506 e. The third-order valence-electron chi connectivity index (χ3n) is 4.28. The normalized spacial score (nSPS) is 14.9. The fraction of sp³-hybridized carbons (Fsp3) is 0.250. The predicted molar refractivity (Wildman–Crippen MR) is 92.9 cm³/mol. The Hall–Kier alpha value is -2.87. The molecule has 0 atom stereocenters. The Morgan fingerprint density at radius 2 is 1.96 bits per heavy atom. The van der Waals surface area contributed by atoms with Crippen molar-refractivity contribution in [2.75, 3.05) is 31.1 Å². The standard InChI is InChI=1S/C16H15ClN6O2/c17-10-1-2-13(24)12(9-10)22-5-7-23(8-6-22)16(25)15-14-11(3-4-18-15)19-21-20-14/h1-4,9,24H,5-8H2,(H,19,20,21). The molecular weight excluding hydrogens is 344 g/mol. The van der Waals surface area contributed by atoms with Crippen LogP contribution in [0.15, 0.2) is 30.5 Å². The molecule has 2 N–H and O–H groups in total. The van der Waals surface area contributed by atoms with E-state index in [-0.39, 0.29) is 11.7 Å². The average molecular weight is 359 g/mol. The van der Waals surface area contributed by atoms with E-state index in [4.69, 9.17) is 11.6 Å². The van der Waals surface area contributed by atoms with Crippen molar-refractivity contribution in [1.29, 1.82) is 0 Å². The number of aromatic amines is 1. The maximum atomic E-state index is 12.8. The molecule has 1 aliphatic rings. The van der Waals surface area contributed by atoms with Crippen molar-refractivity contribution in [2.45, 2.75) is 0 Å². The monoisotopic (exact) mass is 358 g/mol. The molecule has 0 unspecified atom stereocenters. The number of benzene rings is 1. The summed E-state index contributed by atoms with van der Waals surface area (Å²) in [5.74, 6) is 0.00711. The molecule has 1 fully saturated rings. The van der Waals surface area contributed by atoms with Gasteiger partial charge in [-0.3, -0.25) is 4.79 Å². The third kappa shape index (κ3) is 2.85. The van der Waals surface area contributed by atoms with Crippen LogP contribution in [-0.2, 0) is 0 Å². The number of nitrogens with zero attached hydrogens (tertiary/aromatic N) is 5. The van der Waals surface area contributed by atoms with Crippen LogP contribution in [0.1, 0.15) is 10.5 Å². The van der Waals surface area contributed by atoms with Gasteiger partial charge in [-0.05, 0) is 24.3 Å². The zero-order valence-corrected chi connectivity index (χ0v) is 13.9. The molecule has 0 saturated carbocycles. The molecule has 0 radical (unpaired) electrons. The number of nitrogens with one attached hydrogen (secondary N) is 1. The van der Waals surface area contributed by atoms with Crippen molar-refractivity contribution in [3.8, 4) is 5.75 Å². The largest absolute Gasteiger partial charge is 0.506 e. The SMILES string of the molecule is O=C(c1nccc2n[nH]nc12)N1CCN(c2cc(Cl)ccc2O)CC1. The van der Waals surface area contributed by atoms with Crippen LogP contribution >= 0.6 is 11.6 Å². The van der Waals surface area contributed by atoms with Crippen LogP contribution in [0, 0.1) is 0 Å². The molecular formula is C16H15ClN6O2. The van der Waals surface area contributed by atoms with Crippen LogP contribution in [0.5, 0.6) is 5.75 Å². The number of hydrogen-bond donors (Lipinski definition) is 2. The van der Waals surface area contributed by atoms with Crippen molar-refractivity contribution in [1.82, 2.24) is 25.3 Å². The fourth-order valence-electron chi connectivity index (χ4n) is 2.98. The molecule has 1 aliphatic heterocycles. The van der Waals surface area contributed by atoms with E-state index in [1.165, 1.54) is 0 Å². The van der Waals surface area contributed by atoms with Crippen LogP contribution in [-0.4, -0.2) is 62.5 Å². The highest BCUT2D eigenvalue weighted by molar-refractivity contribution is 6.30. The van der Waals surface area contributed by atoms with Gasteiger partial charge < -0.3 is 14.9 Å². The van der Waals surface area contributed by atoms with Crippen LogP contribution in [0.25, 0.3) is 11.0 Å². The molecule has 1 aromatic carbocycles. The van der Waals surface area contributed by atoms with Gasteiger partial charge >= 0.3 is 0 Å². The number of aromatic hydroxyl groups is 1. The number of halogens is 1. The molecule has 1 amide bonds. The van der Waals surface area contributed by atoms with Gasteiger partial charge in [0.15, 0.2) is 5.69 Å². The summed E-state index contributed by atoms with van der Waals surface area (Å²) < 4.78 is 0. The topological polar surface area (TPSA) is 98.2 Å². The smallest absolute Gasteiger partial charge is 0.274 e. The van der Waals surface area contributed by atoms with E-state index in [0.29, 0.717) is 53.6 Å². The summed E-state index contributed by atoms with van der Waals surface area (Å²) in [5.41, 5.74) is 2.06. The number of H-pyrrole nitrogens is 1. The van der Waals surface area contributed by atoms with E-state index < -0.39 is 0 Å². The van der Waals surface area contributed by atoms with E-state index >= 15 is 0 Å². The number of piperazine rings is 1. The molecule has 4 rings (SSSR count). The number of rotatable bonds is 2. The van der Waals surface area contributed by atoms with Crippen molar-refractivity contribution in [3.63, 3.8) is 0 Å². The minimum absolute atomic E-state index is 0.172. The van der Waals surface area contributed by atoms with Crippen LogP contribution in [0.4, 0.5) is 5.69 Å². The highest BCUT2D eigenvalue weighted by atomic mass is 35.5. The lowest BCUT2D eigenvalue weighted by Crippen LogP contribution is -2.49. The van der Waals surface area contributed by atoms with Gasteiger partial charge in [-0.25, -0.2) is 4.98 Å². The second-order valence-electron chi connectivity index (χ2n) is 5.76. The van der Waals surface area contributed by atoms with Crippen molar-refractivity contribution in [2.24, 2.45) is 0 Å². The number of carbonyl (C=O) groups is 1. The summed E-state index contributed by atoms with van der Waals surface area (Å²) in [4.78, 5) is 20.7. The number of phenolic OH excluding ortho intramolecular Hbond substituents is 1. The zero-order valence-electron chi connectivity index (χ0n) is 13.2. The lowest BCUT2D eigenvalue weighted by Gasteiger charge is -2.36. The number of pyridine rings is 1. The zero-order chi connectivity index (χ0) is 17.4. The summed E-state index contributed by atoms with van der Waals surface area (Å²) in [6.45, 7) is 2.21. The summed E-state index contributed by atoms with van der Waals surface area (Å²) in [6.07, 6.45) is 1.55. The second kappa shape index (κ2) is 6.21. The number of phenols is 1. The van der Waals surface area contributed by atoms with Gasteiger partial charge in [0.2, 0.25) is 0 Å². The van der Waals surface area contributed by atoms with Gasteiger partial charge in [0, 0.05) is 37.4 Å². The molecule has 0 aliphatic carbocycles. The number of hydrogen-bond acceptors (Lipinski definition) is 6. The Morgan fingerprint density at radius 3 is 2.76 bits per heavy atom. The summed E-state index contributed by atoms with van der Waals surface area (Å²) in [5, 5.41) is 21.1. The molecule has 1 saturated heterocycles. The first-order valence-corrected chi connectivity index (χ1v) is 8.19. The lowest BCUT2D eigenvalue weighted by molar-refractivity contribution is 0.0743. The van der Waals surface area contributed by atoms with E-state index in [1.54, 1.807) is 35.4 Å². The highest BCUT2D eigenvalue weighted by Gasteiger charge is 2.26. The fourth-order valence-corrected chi connectivity index (χ4v) is 3.15. The van der Waals surface area contributed by atoms with Gasteiger partial charge in [-0.1, -0.05) is 11.6 Å². The van der Waals surface area contributed by atoms with Crippen molar-refractivity contribution < 1.29 is 9.90 Å². The highest BCUT2D eigenvalue weighted by Crippen LogP contribution is 2.31. The van der Waals surface area contributed by atoms with Gasteiger partial charge in [0.1, 0.15) is 16.8 Å². The number of amides is 1. The van der Waals surface area contributed by atoms with E-state index in [0.717, 1.165) is 0 Å². The quantitative estimate of drug-likeness (QED) is 0.723. The van der Waals surface area contributed by atoms with Crippen molar-refractivity contribution in [3.05, 3.63) is 41.2 Å². The molecule has 0 bridgehead atoms. The van der Waals surface area contributed by atoms with Crippen LogP contribution < -0.4 is 4.90 Å². The Labute approximate surface area is 148 Å². The van der Waals surface area contributed by atoms with Gasteiger partial charge in [0.05, 0.1) is 5.69 Å². The molecule has 2 aromatic heterocycles. The van der Waals surface area contributed by atoms with E-state index in [2.05, 4.69) is 20.4 Å². The minimum atomic E-state index is -0.172. The second-order valence-corrected chi connectivity index (χ2v) is 6.20.